The molecule has 166 valence electrons. The molecule has 1 aliphatic heterocycles. The summed E-state index contributed by atoms with van der Waals surface area (Å²) in [6.07, 6.45) is 2.71. The molecule has 2 amide bonds. The van der Waals surface area contributed by atoms with Crippen LogP contribution < -0.4 is 4.72 Å². The van der Waals surface area contributed by atoms with Gasteiger partial charge in [-0.3, -0.25) is 19.5 Å². The molecule has 0 fully saturated rings. The molecule has 0 unspecified atom stereocenters. The fraction of sp³-hybridized carbons (Fsp3) is 0.227. The van der Waals surface area contributed by atoms with Crippen LogP contribution in [0.25, 0.3) is 0 Å². The number of rotatable bonds is 8. The molecule has 0 aliphatic carbocycles. The molecule has 0 saturated carbocycles. The van der Waals surface area contributed by atoms with Crippen LogP contribution in [0.4, 0.5) is 4.39 Å². The van der Waals surface area contributed by atoms with E-state index < -0.39 is 33.7 Å². The largest absolute Gasteiger partial charge is 0.280 e. The van der Waals surface area contributed by atoms with E-state index >= 15 is 0 Å². The molecule has 0 bridgehead atoms. The number of imide groups is 1. The van der Waals surface area contributed by atoms with Crippen LogP contribution in [0.1, 0.15) is 57.1 Å². The Morgan fingerprint density at radius 3 is 2.66 bits per heavy atom. The molecular formula is C22H20FN3O4S2. The Kier molecular flexibility index (Phi) is 6.18. The summed E-state index contributed by atoms with van der Waals surface area (Å²) in [4.78, 5) is 30.8. The van der Waals surface area contributed by atoms with Gasteiger partial charge in [-0.15, -0.1) is 11.3 Å². The molecular weight excluding hydrogens is 453 g/mol. The Morgan fingerprint density at radius 2 is 1.97 bits per heavy atom. The molecule has 4 rings (SSSR count). The lowest BCUT2D eigenvalue weighted by molar-refractivity contribution is 0.0639. The van der Waals surface area contributed by atoms with Crippen molar-refractivity contribution in [2.24, 2.45) is 0 Å². The first-order valence-electron chi connectivity index (χ1n) is 9.97. The lowest BCUT2D eigenvalue weighted by Gasteiger charge is -2.20. The smallest absolute Gasteiger partial charge is 0.268 e. The van der Waals surface area contributed by atoms with Crippen molar-refractivity contribution in [3.8, 4) is 0 Å². The van der Waals surface area contributed by atoms with Gasteiger partial charge >= 0.3 is 0 Å². The van der Waals surface area contributed by atoms with E-state index in [-0.39, 0.29) is 28.3 Å². The van der Waals surface area contributed by atoms with Crippen molar-refractivity contribution >= 4 is 33.2 Å². The summed E-state index contributed by atoms with van der Waals surface area (Å²) in [5, 5.41) is 1.86. The fourth-order valence-electron chi connectivity index (χ4n) is 3.63. The third-order valence-electron chi connectivity index (χ3n) is 5.14. The summed E-state index contributed by atoms with van der Waals surface area (Å²) < 4.78 is 43.3. The maximum atomic E-state index is 14.1. The number of aromatic nitrogens is 1. The van der Waals surface area contributed by atoms with Crippen LogP contribution in [0.2, 0.25) is 0 Å². The number of pyridine rings is 1. The highest BCUT2D eigenvalue weighted by Gasteiger charge is 2.37. The summed E-state index contributed by atoms with van der Waals surface area (Å²) in [5.41, 5.74) is 0.306. The van der Waals surface area contributed by atoms with Crippen LogP contribution in [-0.2, 0) is 16.6 Å². The van der Waals surface area contributed by atoms with E-state index in [2.05, 4.69) is 9.71 Å². The predicted molar refractivity (Wildman–Crippen MR) is 117 cm³/mol. The molecule has 7 nitrogen and oxygen atoms in total. The quantitative estimate of drug-likeness (QED) is 0.501. The zero-order chi connectivity index (χ0) is 22.9. The molecule has 0 spiro atoms. The van der Waals surface area contributed by atoms with Gasteiger partial charge in [-0.2, -0.15) is 0 Å². The van der Waals surface area contributed by atoms with Crippen LogP contribution in [0.5, 0.6) is 0 Å². The van der Waals surface area contributed by atoms with E-state index in [1.165, 1.54) is 29.7 Å². The Morgan fingerprint density at radius 1 is 1.16 bits per heavy atom. The number of halogens is 1. The average Bonchev–Trinajstić information content (AvgIpc) is 3.38. The highest BCUT2D eigenvalue weighted by Crippen LogP contribution is 2.29. The number of nitrogens with one attached hydrogen (secondary N) is 1. The molecule has 1 N–H and O–H groups in total. The van der Waals surface area contributed by atoms with Gasteiger partial charge < -0.3 is 0 Å². The van der Waals surface area contributed by atoms with E-state index in [1.54, 1.807) is 6.07 Å². The number of fused-ring (bicyclic) bond motifs is 1. The van der Waals surface area contributed by atoms with Crippen LogP contribution in [0.3, 0.4) is 0 Å². The number of hydrogen-bond donors (Lipinski definition) is 1. The third kappa shape index (κ3) is 4.21. The summed E-state index contributed by atoms with van der Waals surface area (Å²) in [6, 6.07) is 9.53. The van der Waals surface area contributed by atoms with Gasteiger partial charge in [0.05, 0.1) is 23.0 Å². The molecule has 3 aromatic rings. The molecule has 10 heteroatoms. The molecule has 2 aromatic heterocycles. The summed E-state index contributed by atoms with van der Waals surface area (Å²) in [5.74, 6) is -1.92. The maximum Gasteiger partial charge on any atom is 0.280 e. The number of carbonyl (C=O) groups excluding carboxylic acids is 2. The topological polar surface area (TPSA) is 96.4 Å². The minimum atomic E-state index is -4.15. The Bertz CT molecular complexity index is 1240. The van der Waals surface area contributed by atoms with Crippen molar-refractivity contribution in [2.75, 3.05) is 0 Å². The normalized spacial score (nSPS) is 14.6. The van der Waals surface area contributed by atoms with Crippen LogP contribution in [0.15, 0.2) is 58.9 Å². The summed E-state index contributed by atoms with van der Waals surface area (Å²) >= 11 is 1.43. The Balaban J connectivity index is 1.67. The number of amides is 2. The number of thiophene rings is 1. The van der Waals surface area contributed by atoms with Crippen LogP contribution in [-0.4, -0.2) is 30.1 Å². The summed E-state index contributed by atoms with van der Waals surface area (Å²) in [6.45, 7) is 1.63. The number of benzene rings is 1. The molecule has 1 atom stereocenters. The molecule has 0 saturated heterocycles. The molecule has 32 heavy (non-hydrogen) atoms. The van der Waals surface area contributed by atoms with Gasteiger partial charge in [-0.1, -0.05) is 25.5 Å². The van der Waals surface area contributed by atoms with Gasteiger partial charge in [0, 0.05) is 11.1 Å². The summed E-state index contributed by atoms with van der Waals surface area (Å²) in [7, 11) is -4.15. The van der Waals surface area contributed by atoms with E-state index in [4.69, 9.17) is 0 Å². The maximum absolute atomic E-state index is 14.1. The molecule has 3 heterocycles. The number of nitrogens with zero attached hydrogens (tertiary/aromatic N) is 2. The highest BCUT2D eigenvalue weighted by molar-refractivity contribution is 7.89. The monoisotopic (exact) mass is 473 g/mol. The molecule has 0 radical (unpaired) electrons. The van der Waals surface area contributed by atoms with Crippen molar-refractivity contribution < 1.29 is 22.4 Å². The van der Waals surface area contributed by atoms with Gasteiger partial charge in [-0.25, -0.2) is 17.5 Å². The fourth-order valence-corrected chi connectivity index (χ4v) is 6.00. The first-order valence-corrected chi connectivity index (χ1v) is 12.3. The number of carbonyl (C=O) groups is 2. The zero-order valence-electron chi connectivity index (χ0n) is 17.1. The van der Waals surface area contributed by atoms with Crippen molar-refractivity contribution in [3.05, 3.63) is 81.6 Å². The minimum Gasteiger partial charge on any atom is -0.268 e. The van der Waals surface area contributed by atoms with Crippen LogP contribution in [0, 0.1) is 5.82 Å². The third-order valence-corrected chi connectivity index (χ3v) is 7.68. The van der Waals surface area contributed by atoms with Gasteiger partial charge in [0.1, 0.15) is 11.5 Å². The van der Waals surface area contributed by atoms with E-state index in [1.807, 2.05) is 24.4 Å². The van der Waals surface area contributed by atoms with Gasteiger partial charge in [-0.05, 0) is 47.7 Å². The zero-order valence-corrected chi connectivity index (χ0v) is 18.7. The van der Waals surface area contributed by atoms with Gasteiger partial charge in [0.25, 0.3) is 11.8 Å². The highest BCUT2D eigenvalue weighted by atomic mass is 32.2. The Labute approximate surface area is 189 Å². The van der Waals surface area contributed by atoms with E-state index in [0.717, 1.165) is 28.3 Å². The standard InChI is InChI=1S/C22H20FN3O4S2/c1-2-5-17(18-7-4-11-31-18)25-32(29,30)19-12-15(23)9-8-14(19)13-26-21(27)16-6-3-10-24-20(16)22(26)28/h3-4,6-12,17,25H,2,5,13H2,1H3/t17-/m1/s1. The lowest BCUT2D eigenvalue weighted by Crippen LogP contribution is -2.32. The average molecular weight is 474 g/mol. The second-order valence-corrected chi connectivity index (χ2v) is 9.99. The van der Waals surface area contributed by atoms with Crippen molar-refractivity contribution in [3.63, 3.8) is 0 Å². The second-order valence-electron chi connectivity index (χ2n) is 7.33. The van der Waals surface area contributed by atoms with Crippen molar-refractivity contribution in [1.29, 1.82) is 0 Å². The number of hydrogen-bond acceptors (Lipinski definition) is 6. The van der Waals surface area contributed by atoms with Crippen molar-refractivity contribution in [1.82, 2.24) is 14.6 Å². The Hall–Kier alpha value is -2.95. The van der Waals surface area contributed by atoms with E-state index in [9.17, 15) is 22.4 Å². The minimum absolute atomic E-state index is 0.0165. The first kappa shape index (κ1) is 22.3. The SMILES string of the molecule is CCC[C@@H](NS(=O)(=O)c1cc(F)ccc1CN1C(=O)c2cccnc2C1=O)c1cccs1. The van der Waals surface area contributed by atoms with Crippen LogP contribution >= 0.6 is 11.3 Å². The molecule has 1 aliphatic rings. The van der Waals surface area contributed by atoms with Gasteiger partial charge in [0.15, 0.2) is 0 Å². The molecule has 1 aromatic carbocycles. The second kappa shape index (κ2) is 8.89. The first-order chi connectivity index (χ1) is 15.3. The predicted octanol–water partition coefficient (Wildman–Crippen LogP) is 3.90. The van der Waals surface area contributed by atoms with Crippen molar-refractivity contribution in [2.45, 2.75) is 37.2 Å². The number of sulfonamides is 1. The van der Waals surface area contributed by atoms with E-state index in [0.29, 0.717) is 6.42 Å². The lowest BCUT2D eigenvalue weighted by atomic mass is 10.1. The van der Waals surface area contributed by atoms with Gasteiger partial charge in [0.2, 0.25) is 10.0 Å².